The van der Waals surface area contributed by atoms with Gasteiger partial charge in [0.25, 0.3) is 0 Å². The van der Waals surface area contributed by atoms with E-state index in [4.69, 9.17) is 16.3 Å². The monoisotopic (exact) mass is 362 g/mol. The molecule has 0 aromatic heterocycles. The van der Waals surface area contributed by atoms with Crippen LogP contribution in [0.4, 0.5) is 0 Å². The van der Waals surface area contributed by atoms with Crippen LogP contribution in [0, 0.1) is 5.92 Å². The van der Waals surface area contributed by atoms with Crippen LogP contribution in [0.2, 0.25) is 5.02 Å². The summed E-state index contributed by atoms with van der Waals surface area (Å²) in [6.45, 7) is 3.65. The Labute approximate surface area is 133 Å². The number of carbonyl (C=O) groups is 1. The molecule has 0 heterocycles. The fourth-order valence-electron chi connectivity index (χ4n) is 2.27. The number of esters is 1. The lowest BCUT2D eigenvalue weighted by atomic mass is 9.80. The zero-order valence-corrected chi connectivity index (χ0v) is 14.3. The highest BCUT2D eigenvalue weighted by atomic mass is 79.9. The number of carbonyl (C=O) groups excluding carboxylic acids is 1. The Bertz CT molecular complexity index is 474. The molecule has 1 N–H and O–H groups in total. The number of hydrogen-bond donors (Lipinski definition) is 1. The molecule has 2 unspecified atom stereocenters. The number of benzene rings is 1. The Balaban J connectivity index is 3.16. The fraction of sp³-hybridized carbons (Fsp3) is 0.533. The van der Waals surface area contributed by atoms with Crippen LogP contribution in [0.3, 0.4) is 0 Å². The highest BCUT2D eigenvalue weighted by Gasteiger charge is 2.40. The molecule has 0 aliphatic rings. The predicted octanol–water partition coefficient (Wildman–Crippen LogP) is 4.29. The molecule has 20 heavy (non-hydrogen) atoms. The van der Waals surface area contributed by atoms with Gasteiger partial charge in [0.2, 0.25) is 0 Å². The maximum Gasteiger partial charge on any atom is 0.311 e. The maximum atomic E-state index is 12.0. The third-order valence-corrected chi connectivity index (χ3v) is 4.29. The Morgan fingerprint density at radius 2 is 2.20 bits per heavy atom. The van der Waals surface area contributed by atoms with Gasteiger partial charge in [-0.25, -0.2) is 0 Å². The molecule has 112 valence electrons. The molecule has 0 bridgehead atoms. The van der Waals surface area contributed by atoms with Gasteiger partial charge < -0.3 is 9.84 Å². The Kier molecular flexibility index (Phi) is 6.49. The van der Waals surface area contributed by atoms with Crippen molar-refractivity contribution < 1.29 is 14.6 Å². The molecule has 0 saturated heterocycles. The normalized spacial score (nSPS) is 15.5. The van der Waals surface area contributed by atoms with Gasteiger partial charge in [0, 0.05) is 15.1 Å². The maximum absolute atomic E-state index is 12.0. The summed E-state index contributed by atoms with van der Waals surface area (Å²) in [5, 5.41) is 11.3. The average Bonchev–Trinajstić information content (AvgIpc) is 2.38. The topological polar surface area (TPSA) is 46.5 Å². The van der Waals surface area contributed by atoms with Crippen molar-refractivity contribution >= 4 is 33.5 Å². The van der Waals surface area contributed by atoms with Crippen molar-refractivity contribution in [3.63, 3.8) is 0 Å². The first-order valence-corrected chi connectivity index (χ1v) is 7.77. The Morgan fingerprint density at radius 1 is 1.55 bits per heavy atom. The van der Waals surface area contributed by atoms with Crippen LogP contribution < -0.4 is 0 Å². The van der Waals surface area contributed by atoms with Crippen LogP contribution in [0.5, 0.6) is 0 Å². The van der Waals surface area contributed by atoms with E-state index < -0.39 is 17.5 Å². The summed E-state index contributed by atoms with van der Waals surface area (Å²) in [4.78, 5) is 12.0. The summed E-state index contributed by atoms with van der Waals surface area (Å²) >= 11 is 9.52. The Morgan fingerprint density at radius 3 is 2.70 bits per heavy atom. The molecule has 0 amide bonds. The molecule has 3 nitrogen and oxygen atoms in total. The van der Waals surface area contributed by atoms with Crippen molar-refractivity contribution in [2.24, 2.45) is 5.92 Å². The molecule has 0 aliphatic carbocycles. The third kappa shape index (κ3) is 3.96. The zero-order valence-electron chi connectivity index (χ0n) is 12.0. The second-order valence-electron chi connectivity index (χ2n) is 4.99. The molecule has 0 aliphatic heterocycles. The van der Waals surface area contributed by atoms with Gasteiger partial charge in [-0.15, -0.1) is 0 Å². The molecule has 1 aromatic carbocycles. The van der Waals surface area contributed by atoms with Crippen molar-refractivity contribution in [3.05, 3.63) is 33.3 Å². The van der Waals surface area contributed by atoms with Crippen LogP contribution in [-0.2, 0) is 15.1 Å². The lowest BCUT2D eigenvalue weighted by Gasteiger charge is -2.32. The van der Waals surface area contributed by atoms with Gasteiger partial charge in [-0.2, -0.15) is 0 Å². The van der Waals surface area contributed by atoms with E-state index >= 15 is 0 Å². The average molecular weight is 364 g/mol. The predicted molar refractivity (Wildman–Crippen MR) is 83.8 cm³/mol. The lowest BCUT2D eigenvalue weighted by molar-refractivity contribution is -0.156. The number of aliphatic hydroxyl groups is 1. The minimum absolute atomic E-state index is 0.414. The second kappa shape index (κ2) is 7.43. The molecular weight excluding hydrogens is 344 g/mol. The summed E-state index contributed by atoms with van der Waals surface area (Å²) in [6, 6.07) is 5.23. The van der Waals surface area contributed by atoms with Crippen LogP contribution in [0.25, 0.3) is 0 Å². The number of methoxy groups -OCH3 is 1. The van der Waals surface area contributed by atoms with Crippen LogP contribution >= 0.6 is 27.5 Å². The molecule has 0 saturated carbocycles. The number of rotatable bonds is 6. The Hall–Kier alpha value is -0.580. The lowest BCUT2D eigenvalue weighted by Crippen LogP contribution is -2.38. The quantitative estimate of drug-likeness (QED) is 0.767. The van der Waals surface area contributed by atoms with Crippen molar-refractivity contribution in [1.82, 2.24) is 0 Å². The van der Waals surface area contributed by atoms with Gasteiger partial charge in [0.1, 0.15) is 5.60 Å². The summed E-state index contributed by atoms with van der Waals surface area (Å²) < 4.78 is 5.65. The van der Waals surface area contributed by atoms with Gasteiger partial charge in [0.15, 0.2) is 0 Å². The first-order valence-electron chi connectivity index (χ1n) is 6.60. The number of halogens is 2. The number of ether oxygens (including phenoxy) is 1. The largest absolute Gasteiger partial charge is 0.469 e. The first kappa shape index (κ1) is 17.5. The van der Waals surface area contributed by atoms with E-state index in [1.165, 1.54) is 7.11 Å². The molecule has 0 radical (unpaired) electrons. The minimum Gasteiger partial charge on any atom is -0.469 e. The van der Waals surface area contributed by atoms with E-state index in [0.717, 1.165) is 17.3 Å². The van der Waals surface area contributed by atoms with Gasteiger partial charge in [-0.05, 0) is 25.5 Å². The number of hydrogen-bond acceptors (Lipinski definition) is 3. The van der Waals surface area contributed by atoms with Crippen molar-refractivity contribution in [2.75, 3.05) is 7.11 Å². The molecule has 5 heteroatoms. The van der Waals surface area contributed by atoms with E-state index in [9.17, 15) is 9.90 Å². The van der Waals surface area contributed by atoms with E-state index in [2.05, 4.69) is 15.9 Å². The zero-order chi connectivity index (χ0) is 15.3. The van der Waals surface area contributed by atoms with E-state index in [0.29, 0.717) is 17.0 Å². The SMILES string of the molecule is CCCCC(C(=O)OC)C(C)(O)c1ccc(Br)cc1Cl. The van der Waals surface area contributed by atoms with E-state index in [-0.39, 0.29) is 0 Å². The van der Waals surface area contributed by atoms with Gasteiger partial charge in [-0.3, -0.25) is 4.79 Å². The molecule has 0 fully saturated rings. The van der Waals surface area contributed by atoms with Gasteiger partial charge >= 0.3 is 5.97 Å². The van der Waals surface area contributed by atoms with Crippen LogP contribution in [0.1, 0.15) is 38.7 Å². The second-order valence-corrected chi connectivity index (χ2v) is 6.31. The highest BCUT2D eigenvalue weighted by Crippen LogP contribution is 2.38. The smallest absolute Gasteiger partial charge is 0.311 e. The summed E-state index contributed by atoms with van der Waals surface area (Å²) in [5.74, 6) is -1.05. The molecular formula is C15H20BrClO3. The van der Waals surface area contributed by atoms with Crippen molar-refractivity contribution in [1.29, 1.82) is 0 Å². The standard InChI is InChI=1S/C15H20BrClO3/c1-4-5-6-12(14(18)20-3)15(2,19)11-8-7-10(16)9-13(11)17/h7-9,12,19H,4-6H2,1-3H3. The minimum atomic E-state index is -1.36. The van der Waals surface area contributed by atoms with E-state index in [1.54, 1.807) is 25.1 Å². The summed E-state index contributed by atoms with van der Waals surface area (Å²) in [5.41, 5.74) is -0.825. The molecule has 0 spiro atoms. The van der Waals surface area contributed by atoms with Crippen molar-refractivity contribution in [3.8, 4) is 0 Å². The summed E-state index contributed by atoms with van der Waals surface area (Å²) in [7, 11) is 1.33. The van der Waals surface area contributed by atoms with Crippen LogP contribution in [-0.4, -0.2) is 18.2 Å². The van der Waals surface area contributed by atoms with Crippen LogP contribution in [0.15, 0.2) is 22.7 Å². The van der Waals surface area contributed by atoms with Crippen molar-refractivity contribution in [2.45, 2.75) is 38.7 Å². The van der Waals surface area contributed by atoms with E-state index in [1.807, 2.05) is 6.92 Å². The fourth-order valence-corrected chi connectivity index (χ4v) is 3.13. The molecule has 2 atom stereocenters. The molecule has 1 aromatic rings. The van der Waals surface area contributed by atoms with Gasteiger partial charge in [0.05, 0.1) is 13.0 Å². The first-order chi connectivity index (χ1) is 9.34. The highest BCUT2D eigenvalue weighted by molar-refractivity contribution is 9.10. The number of unbranched alkanes of at least 4 members (excludes halogenated alkanes) is 1. The molecule has 1 rings (SSSR count). The third-order valence-electron chi connectivity index (χ3n) is 3.49. The van der Waals surface area contributed by atoms with Gasteiger partial charge in [-0.1, -0.05) is 53.4 Å². The summed E-state index contributed by atoms with van der Waals surface area (Å²) in [6.07, 6.45) is 2.34.